The average Bonchev–Trinajstić information content (AvgIpc) is 2.29. The van der Waals surface area contributed by atoms with Crippen LogP contribution >= 0.6 is 12.2 Å². The highest BCUT2D eigenvalue weighted by atomic mass is 32.1. The molecule has 0 radical (unpaired) electrons. The van der Waals surface area contributed by atoms with Crippen LogP contribution in [0.5, 0.6) is 0 Å². The summed E-state index contributed by atoms with van der Waals surface area (Å²) in [7, 11) is 1.83. The van der Waals surface area contributed by atoms with Crippen LogP contribution in [0.3, 0.4) is 0 Å². The summed E-state index contributed by atoms with van der Waals surface area (Å²) in [4.78, 5) is 0. The van der Waals surface area contributed by atoms with Crippen molar-refractivity contribution in [1.29, 1.82) is 0 Å². The maximum Gasteiger partial charge on any atom is 0.166 e. The molecule has 1 rings (SSSR count). The Labute approximate surface area is 97.1 Å². The lowest BCUT2D eigenvalue weighted by atomic mass is 10.1. The first-order valence-electron chi connectivity index (χ1n) is 5.32. The molecular weight excluding hydrogens is 204 g/mol. The quantitative estimate of drug-likeness (QED) is 0.589. The van der Waals surface area contributed by atoms with Gasteiger partial charge < -0.3 is 10.6 Å². The van der Waals surface area contributed by atoms with E-state index in [1.165, 1.54) is 12.0 Å². The van der Waals surface area contributed by atoms with Crippen LogP contribution in [0.15, 0.2) is 30.3 Å². The zero-order valence-electron chi connectivity index (χ0n) is 9.12. The van der Waals surface area contributed by atoms with Crippen molar-refractivity contribution in [3.05, 3.63) is 35.9 Å². The lowest BCUT2D eigenvalue weighted by Gasteiger charge is -2.06. The number of hydrogen-bond donors (Lipinski definition) is 2. The van der Waals surface area contributed by atoms with Gasteiger partial charge in [-0.25, -0.2) is 0 Å². The Morgan fingerprint density at radius 1 is 1.20 bits per heavy atom. The molecule has 0 aliphatic rings. The molecule has 1 aromatic carbocycles. The minimum absolute atomic E-state index is 0.731. The zero-order valence-corrected chi connectivity index (χ0v) is 9.94. The van der Waals surface area contributed by atoms with Gasteiger partial charge in [-0.2, -0.15) is 0 Å². The van der Waals surface area contributed by atoms with Crippen molar-refractivity contribution in [2.24, 2.45) is 0 Å². The minimum atomic E-state index is 0.731. The third kappa shape index (κ3) is 5.37. The van der Waals surface area contributed by atoms with Gasteiger partial charge in [0.05, 0.1) is 0 Å². The molecule has 2 nitrogen and oxygen atoms in total. The smallest absolute Gasteiger partial charge is 0.166 e. The third-order valence-corrected chi connectivity index (χ3v) is 2.60. The Morgan fingerprint density at radius 3 is 2.60 bits per heavy atom. The van der Waals surface area contributed by atoms with Gasteiger partial charge in [-0.05, 0) is 37.0 Å². The number of aryl methyl sites for hydroxylation is 1. The molecule has 0 saturated carbocycles. The van der Waals surface area contributed by atoms with Gasteiger partial charge in [0.1, 0.15) is 0 Å². The minimum Gasteiger partial charge on any atom is -0.366 e. The highest BCUT2D eigenvalue weighted by Crippen LogP contribution is 2.03. The number of thiocarbonyl (C=S) groups is 1. The van der Waals surface area contributed by atoms with E-state index in [2.05, 4.69) is 41.0 Å². The summed E-state index contributed by atoms with van der Waals surface area (Å²) in [5.74, 6) is 0. The van der Waals surface area contributed by atoms with Crippen molar-refractivity contribution < 1.29 is 0 Å². The molecule has 0 aliphatic carbocycles. The average molecular weight is 222 g/mol. The van der Waals surface area contributed by atoms with Crippen LogP contribution in [0.1, 0.15) is 18.4 Å². The Morgan fingerprint density at radius 2 is 1.93 bits per heavy atom. The second-order valence-corrected chi connectivity index (χ2v) is 3.86. The summed E-state index contributed by atoms with van der Waals surface area (Å²) in [6, 6.07) is 10.6. The van der Waals surface area contributed by atoms with Crippen LogP contribution in [0.25, 0.3) is 0 Å². The van der Waals surface area contributed by atoms with Gasteiger partial charge in [0.2, 0.25) is 0 Å². The molecule has 82 valence electrons. The fourth-order valence-corrected chi connectivity index (χ4v) is 1.49. The first-order valence-corrected chi connectivity index (χ1v) is 5.73. The van der Waals surface area contributed by atoms with Crippen molar-refractivity contribution in [2.45, 2.75) is 19.3 Å². The van der Waals surface area contributed by atoms with Crippen LogP contribution in [0.2, 0.25) is 0 Å². The van der Waals surface area contributed by atoms with E-state index in [-0.39, 0.29) is 0 Å². The number of unbranched alkanes of at least 4 members (excludes halogenated alkanes) is 1. The van der Waals surface area contributed by atoms with Crippen LogP contribution in [0.4, 0.5) is 0 Å². The predicted octanol–water partition coefficient (Wildman–Crippen LogP) is 2.10. The summed E-state index contributed by atoms with van der Waals surface area (Å²) in [6.45, 7) is 0.951. The molecule has 2 N–H and O–H groups in total. The molecule has 0 atom stereocenters. The summed E-state index contributed by atoms with van der Waals surface area (Å²) >= 11 is 4.98. The van der Waals surface area contributed by atoms with Crippen LogP contribution in [0, 0.1) is 0 Å². The third-order valence-electron chi connectivity index (χ3n) is 2.25. The first kappa shape index (κ1) is 12.0. The summed E-state index contributed by atoms with van der Waals surface area (Å²) in [5.41, 5.74) is 1.41. The van der Waals surface area contributed by atoms with Gasteiger partial charge in [-0.3, -0.25) is 0 Å². The molecule has 0 aliphatic heterocycles. The maximum absolute atomic E-state index is 4.98. The molecule has 3 heteroatoms. The van der Waals surface area contributed by atoms with Gasteiger partial charge in [-0.15, -0.1) is 0 Å². The Kier molecular flexibility index (Phi) is 5.78. The van der Waals surface area contributed by atoms with E-state index in [9.17, 15) is 0 Å². The van der Waals surface area contributed by atoms with Crippen molar-refractivity contribution in [2.75, 3.05) is 13.6 Å². The number of hydrogen-bond acceptors (Lipinski definition) is 1. The van der Waals surface area contributed by atoms with Crippen molar-refractivity contribution in [1.82, 2.24) is 10.6 Å². The molecule has 0 aromatic heterocycles. The van der Waals surface area contributed by atoms with Crippen LogP contribution in [-0.4, -0.2) is 18.7 Å². The van der Waals surface area contributed by atoms with E-state index in [4.69, 9.17) is 12.2 Å². The van der Waals surface area contributed by atoms with E-state index < -0.39 is 0 Å². The summed E-state index contributed by atoms with van der Waals surface area (Å²) < 4.78 is 0. The van der Waals surface area contributed by atoms with Crippen LogP contribution in [-0.2, 0) is 6.42 Å². The monoisotopic (exact) mass is 222 g/mol. The highest BCUT2D eigenvalue weighted by Gasteiger charge is 1.93. The molecule has 0 bridgehead atoms. The Bertz CT molecular complexity index is 285. The van der Waals surface area contributed by atoms with Gasteiger partial charge in [0.15, 0.2) is 5.11 Å². The predicted molar refractivity (Wildman–Crippen MR) is 69.0 cm³/mol. The molecule has 0 fully saturated rings. The van der Waals surface area contributed by atoms with Gasteiger partial charge >= 0.3 is 0 Å². The largest absolute Gasteiger partial charge is 0.366 e. The first-order chi connectivity index (χ1) is 7.33. The summed E-state index contributed by atoms with van der Waals surface area (Å²) in [5, 5.41) is 6.76. The molecule has 0 heterocycles. The lowest BCUT2D eigenvalue weighted by Crippen LogP contribution is -2.32. The molecular formula is C12H18N2S. The van der Waals surface area contributed by atoms with E-state index >= 15 is 0 Å². The van der Waals surface area contributed by atoms with E-state index in [0.29, 0.717) is 0 Å². The number of benzene rings is 1. The molecule has 0 saturated heterocycles. The fourth-order valence-electron chi connectivity index (χ4n) is 1.39. The standard InChI is InChI=1S/C12H18N2S/c1-13-12(15)14-10-6-5-9-11-7-3-2-4-8-11/h2-4,7-8H,5-6,9-10H2,1H3,(H2,13,14,15). The number of nitrogens with one attached hydrogen (secondary N) is 2. The SMILES string of the molecule is CNC(=S)NCCCCc1ccccc1. The Hall–Kier alpha value is -1.09. The topological polar surface area (TPSA) is 24.1 Å². The van der Waals surface area contributed by atoms with E-state index in [1.54, 1.807) is 0 Å². The van der Waals surface area contributed by atoms with Gasteiger partial charge in [0.25, 0.3) is 0 Å². The summed E-state index contributed by atoms with van der Waals surface area (Å²) in [6.07, 6.45) is 3.49. The van der Waals surface area contributed by atoms with Crippen molar-refractivity contribution >= 4 is 17.3 Å². The molecule has 0 spiro atoms. The second kappa shape index (κ2) is 7.23. The van der Waals surface area contributed by atoms with Gasteiger partial charge in [0, 0.05) is 13.6 Å². The molecule has 15 heavy (non-hydrogen) atoms. The van der Waals surface area contributed by atoms with Crippen molar-refractivity contribution in [3.63, 3.8) is 0 Å². The lowest BCUT2D eigenvalue weighted by molar-refractivity contribution is 0.706. The molecule has 1 aromatic rings. The zero-order chi connectivity index (χ0) is 10.9. The molecule has 0 unspecified atom stereocenters. The van der Waals surface area contributed by atoms with E-state index in [1.807, 2.05) is 7.05 Å². The van der Waals surface area contributed by atoms with Crippen molar-refractivity contribution in [3.8, 4) is 0 Å². The normalized spacial score (nSPS) is 9.67. The maximum atomic E-state index is 4.98. The Balaban J connectivity index is 2.05. The molecule has 0 amide bonds. The van der Waals surface area contributed by atoms with Crippen LogP contribution < -0.4 is 10.6 Å². The fraction of sp³-hybridized carbons (Fsp3) is 0.417. The second-order valence-electron chi connectivity index (χ2n) is 3.45. The van der Waals surface area contributed by atoms with E-state index in [0.717, 1.165) is 24.5 Å². The highest BCUT2D eigenvalue weighted by molar-refractivity contribution is 7.80. The number of rotatable bonds is 5. The van der Waals surface area contributed by atoms with Gasteiger partial charge in [-0.1, -0.05) is 30.3 Å².